The van der Waals surface area contributed by atoms with Gasteiger partial charge in [-0.1, -0.05) is 0 Å². The highest BCUT2D eigenvalue weighted by Gasteiger charge is 2.06. The minimum absolute atomic E-state index is 1.56. The normalized spacial score (nSPS) is 10.6. The molecule has 0 atom stereocenters. The van der Waals surface area contributed by atoms with E-state index in [0.717, 1.165) is 0 Å². The van der Waals surface area contributed by atoms with Crippen molar-refractivity contribution in [1.29, 1.82) is 0 Å². The van der Waals surface area contributed by atoms with Crippen LogP contribution in [0.2, 0.25) is 0 Å². The van der Waals surface area contributed by atoms with E-state index in [2.05, 4.69) is 9.92 Å². The van der Waals surface area contributed by atoms with Gasteiger partial charge in [-0.3, -0.25) is 4.55 Å². The number of nitrogens with two attached hydrogens (primary N) is 1. The average molecular weight is 141 g/mol. The molecule has 48 valence electrons. The number of hydrogen-bond donors (Lipinski definition) is 2. The Kier molecular flexibility index (Phi) is 1.77. The third kappa shape index (κ3) is 5.18. The topological polar surface area (TPSA) is 107 Å². The van der Waals surface area contributed by atoms with Gasteiger partial charge in [-0.15, -0.1) is 0 Å². The second kappa shape index (κ2) is 1.97. The predicted octanol–water partition coefficient (Wildman–Crippen LogP) is -1.12. The minimum Gasteiger partial charge on any atom is -0.334 e. The number of carbonyl (C=O) groups excluding carboxylic acids is 1. The van der Waals surface area contributed by atoms with Crippen molar-refractivity contribution in [2.24, 2.45) is 5.73 Å². The second-order valence-electron chi connectivity index (χ2n) is 0.830. The number of amides is 1. The Bertz CT molecular complexity index is 179. The Morgan fingerprint density at radius 3 is 2.00 bits per heavy atom. The first kappa shape index (κ1) is 7.18. The van der Waals surface area contributed by atoms with E-state index in [1.807, 2.05) is 0 Å². The van der Waals surface area contributed by atoms with Crippen LogP contribution in [0.5, 0.6) is 0 Å². The molecule has 6 nitrogen and oxygen atoms in total. The molecule has 0 aromatic carbocycles. The van der Waals surface area contributed by atoms with Gasteiger partial charge >= 0.3 is 16.5 Å². The maximum Gasteiger partial charge on any atom is 0.450 e. The molecule has 0 radical (unpaired) electrons. The van der Waals surface area contributed by atoms with Gasteiger partial charge in [0.1, 0.15) is 0 Å². The molecule has 0 saturated heterocycles. The van der Waals surface area contributed by atoms with Gasteiger partial charge in [0.25, 0.3) is 0 Å². The molecule has 0 aliphatic carbocycles. The van der Waals surface area contributed by atoms with Crippen LogP contribution in [0.15, 0.2) is 0 Å². The summed E-state index contributed by atoms with van der Waals surface area (Å²) >= 11 is 0. The highest BCUT2D eigenvalue weighted by Crippen LogP contribution is 1.82. The third-order valence-electron chi connectivity index (χ3n) is 0.187. The molecule has 0 aromatic heterocycles. The first-order valence-electron chi connectivity index (χ1n) is 1.38. The highest BCUT2D eigenvalue weighted by molar-refractivity contribution is 7.81. The van der Waals surface area contributed by atoms with Crippen LogP contribution in [-0.2, 0) is 14.6 Å². The summed E-state index contributed by atoms with van der Waals surface area (Å²) in [6, 6.07) is 0. The largest absolute Gasteiger partial charge is 0.450 e. The van der Waals surface area contributed by atoms with Crippen molar-refractivity contribution in [3.8, 4) is 0 Å². The average Bonchev–Trinajstić information content (AvgIpc) is 1.21. The summed E-state index contributed by atoms with van der Waals surface area (Å²) < 4.78 is 29.7. The molecule has 0 aliphatic rings. The molecular weight excluding hydrogens is 138 g/mol. The van der Waals surface area contributed by atoms with E-state index in [9.17, 15) is 13.2 Å². The SMILES string of the molecule is NC(=O)OS(=O)(=O)O. The summed E-state index contributed by atoms with van der Waals surface area (Å²) in [4.78, 5) is 9.48. The Hall–Kier alpha value is -0.820. The maximum atomic E-state index is 9.48. The lowest BCUT2D eigenvalue weighted by Gasteiger charge is -1.89. The summed E-state index contributed by atoms with van der Waals surface area (Å²) in [6.45, 7) is 0. The molecule has 0 saturated carbocycles. The van der Waals surface area contributed by atoms with E-state index >= 15 is 0 Å². The molecule has 0 spiro atoms. The number of primary amides is 1. The van der Waals surface area contributed by atoms with Gasteiger partial charge in [-0.05, 0) is 0 Å². The van der Waals surface area contributed by atoms with Crippen molar-refractivity contribution in [2.75, 3.05) is 0 Å². The molecule has 0 aromatic rings. The lowest BCUT2D eigenvalue weighted by Crippen LogP contribution is -2.17. The molecule has 8 heavy (non-hydrogen) atoms. The first-order valence-corrected chi connectivity index (χ1v) is 2.74. The molecule has 0 rings (SSSR count). The van der Waals surface area contributed by atoms with Crippen LogP contribution in [0.3, 0.4) is 0 Å². The van der Waals surface area contributed by atoms with Gasteiger partial charge < -0.3 is 9.92 Å². The van der Waals surface area contributed by atoms with Crippen molar-refractivity contribution in [2.45, 2.75) is 0 Å². The van der Waals surface area contributed by atoms with Gasteiger partial charge in [0.05, 0.1) is 0 Å². The molecule has 3 N–H and O–H groups in total. The van der Waals surface area contributed by atoms with Crippen LogP contribution in [0, 0.1) is 0 Å². The molecular formula is CH3NO5S. The zero-order valence-corrected chi connectivity index (χ0v) is 4.38. The van der Waals surface area contributed by atoms with Crippen LogP contribution in [-0.4, -0.2) is 19.1 Å². The van der Waals surface area contributed by atoms with E-state index in [-0.39, 0.29) is 0 Å². The number of rotatable bonds is 1. The predicted molar refractivity (Wildman–Crippen MR) is 22.2 cm³/mol. The van der Waals surface area contributed by atoms with Crippen molar-refractivity contribution in [1.82, 2.24) is 0 Å². The maximum absolute atomic E-state index is 9.48. The fourth-order valence-electron chi connectivity index (χ4n) is 0.104. The summed E-state index contributed by atoms with van der Waals surface area (Å²) in [5.41, 5.74) is 4.18. The summed E-state index contributed by atoms with van der Waals surface area (Å²) in [5, 5.41) is 0. The number of hydrogen-bond acceptors (Lipinski definition) is 4. The molecule has 0 bridgehead atoms. The smallest absolute Gasteiger partial charge is 0.334 e. The van der Waals surface area contributed by atoms with Crippen LogP contribution < -0.4 is 5.73 Å². The zero-order valence-electron chi connectivity index (χ0n) is 3.57. The van der Waals surface area contributed by atoms with E-state index < -0.39 is 16.5 Å². The van der Waals surface area contributed by atoms with Gasteiger partial charge in [0.15, 0.2) is 0 Å². The monoisotopic (exact) mass is 141 g/mol. The third-order valence-corrected chi connectivity index (χ3v) is 0.562. The van der Waals surface area contributed by atoms with Gasteiger partial charge in [-0.25, -0.2) is 4.79 Å². The summed E-state index contributed by atoms with van der Waals surface area (Å²) in [6.07, 6.45) is -1.56. The summed E-state index contributed by atoms with van der Waals surface area (Å²) in [7, 11) is -4.70. The van der Waals surface area contributed by atoms with E-state index in [0.29, 0.717) is 0 Å². The Balaban J connectivity index is 3.95. The Morgan fingerprint density at radius 1 is 1.62 bits per heavy atom. The number of carbonyl (C=O) groups is 1. The standard InChI is InChI=1S/CH3NO5S/c2-1(3)7-8(4,5)6/h(H2,2,3)(H,4,5,6). The molecule has 0 aliphatic heterocycles. The molecule has 1 amide bonds. The molecule has 0 heterocycles. The lowest BCUT2D eigenvalue weighted by atomic mass is 11.3. The van der Waals surface area contributed by atoms with Crippen LogP contribution >= 0.6 is 0 Å². The molecule has 0 unspecified atom stereocenters. The van der Waals surface area contributed by atoms with Crippen LogP contribution in [0.1, 0.15) is 0 Å². The fraction of sp³-hybridized carbons (Fsp3) is 0. The Labute approximate surface area is 45.2 Å². The summed E-state index contributed by atoms with van der Waals surface area (Å²) in [5.74, 6) is 0. The zero-order chi connectivity index (χ0) is 6.78. The Morgan fingerprint density at radius 2 is 2.00 bits per heavy atom. The van der Waals surface area contributed by atoms with Gasteiger partial charge in [0.2, 0.25) is 0 Å². The molecule has 7 heteroatoms. The highest BCUT2D eigenvalue weighted by atomic mass is 32.3. The van der Waals surface area contributed by atoms with Crippen molar-refractivity contribution >= 4 is 16.5 Å². The second-order valence-corrected chi connectivity index (χ2v) is 1.85. The van der Waals surface area contributed by atoms with E-state index in [1.54, 1.807) is 0 Å². The quantitative estimate of drug-likeness (QED) is 0.450. The lowest BCUT2D eigenvalue weighted by molar-refractivity contribution is 0.206. The minimum atomic E-state index is -4.70. The van der Waals surface area contributed by atoms with Crippen LogP contribution in [0.4, 0.5) is 4.79 Å². The van der Waals surface area contributed by atoms with Crippen LogP contribution in [0.25, 0.3) is 0 Å². The van der Waals surface area contributed by atoms with E-state index in [4.69, 9.17) is 4.55 Å². The van der Waals surface area contributed by atoms with Gasteiger partial charge in [0, 0.05) is 0 Å². The first-order chi connectivity index (χ1) is 3.42. The van der Waals surface area contributed by atoms with Gasteiger partial charge in [-0.2, -0.15) is 8.42 Å². The van der Waals surface area contributed by atoms with Crippen molar-refractivity contribution in [3.05, 3.63) is 0 Å². The molecule has 0 fully saturated rings. The van der Waals surface area contributed by atoms with E-state index in [1.165, 1.54) is 0 Å². The fourth-order valence-corrected chi connectivity index (χ4v) is 0.311. The van der Waals surface area contributed by atoms with Crippen molar-refractivity contribution in [3.63, 3.8) is 0 Å². The van der Waals surface area contributed by atoms with Crippen molar-refractivity contribution < 1.29 is 21.9 Å².